The van der Waals surface area contributed by atoms with Crippen LogP contribution in [0.1, 0.15) is 33.5 Å². The normalized spacial score (nSPS) is 10.5. The Bertz CT molecular complexity index is 1100. The zero-order chi connectivity index (χ0) is 21.7. The molecule has 9 nitrogen and oxygen atoms in total. The van der Waals surface area contributed by atoms with Crippen molar-refractivity contribution in [1.29, 1.82) is 0 Å². The van der Waals surface area contributed by atoms with Crippen molar-refractivity contribution in [3.63, 3.8) is 0 Å². The summed E-state index contributed by atoms with van der Waals surface area (Å²) in [5.74, 6) is -0.597. The molecule has 3 rings (SSSR count). The average molecular weight is 412 g/mol. The van der Waals surface area contributed by atoms with Gasteiger partial charge in [-0.3, -0.25) is 0 Å². The Morgan fingerprint density at radius 3 is 2.57 bits per heavy atom. The van der Waals surface area contributed by atoms with Crippen LogP contribution in [0.2, 0.25) is 0 Å². The van der Waals surface area contributed by atoms with E-state index in [4.69, 9.17) is 18.9 Å². The number of carbonyl (C=O) groups excluding carboxylic acids is 2. The highest BCUT2D eigenvalue weighted by Gasteiger charge is 2.28. The third kappa shape index (κ3) is 4.24. The van der Waals surface area contributed by atoms with Gasteiger partial charge in [-0.25, -0.2) is 14.6 Å². The van der Waals surface area contributed by atoms with Crippen molar-refractivity contribution in [3.8, 4) is 11.5 Å². The summed E-state index contributed by atoms with van der Waals surface area (Å²) >= 11 is 0. The average Bonchev–Trinajstić information content (AvgIpc) is 2.77. The zero-order valence-corrected chi connectivity index (χ0v) is 16.7. The molecule has 0 radical (unpaired) electrons. The van der Waals surface area contributed by atoms with Crippen LogP contribution in [0.25, 0.3) is 11.0 Å². The standard InChI is InChI=1S/C21H20N2O7/c1-4-29-15-8-9-16-18(11-15)23(26)19(21(25)28-3)17(22-16)12-30-20(24)13-6-5-7-14(10-13)27-2/h5-11H,4,12H2,1-3H3. The van der Waals surface area contributed by atoms with E-state index < -0.39 is 18.5 Å². The van der Waals surface area contributed by atoms with Gasteiger partial charge in [-0.15, -0.1) is 0 Å². The molecule has 0 saturated carbocycles. The summed E-state index contributed by atoms with van der Waals surface area (Å²) < 4.78 is 20.9. The predicted molar refractivity (Wildman–Crippen MR) is 105 cm³/mol. The molecular formula is C21H20N2O7. The number of hydrogen-bond acceptors (Lipinski definition) is 8. The smallest absolute Gasteiger partial charge is 0.406 e. The molecular weight excluding hydrogens is 392 g/mol. The molecule has 0 saturated heterocycles. The van der Waals surface area contributed by atoms with Crippen molar-refractivity contribution in [2.75, 3.05) is 20.8 Å². The molecule has 0 aliphatic carbocycles. The van der Waals surface area contributed by atoms with Gasteiger partial charge in [0.05, 0.1) is 32.5 Å². The molecule has 0 unspecified atom stereocenters. The lowest BCUT2D eigenvalue weighted by Gasteiger charge is -2.12. The van der Waals surface area contributed by atoms with Crippen molar-refractivity contribution in [2.24, 2.45) is 0 Å². The SMILES string of the molecule is CCOc1ccc2nc(COC(=O)c3cccc(OC)c3)c(C(=O)OC)[n+]([O-])c2c1. The highest BCUT2D eigenvalue weighted by atomic mass is 16.5. The van der Waals surface area contributed by atoms with Crippen LogP contribution in [-0.2, 0) is 16.1 Å². The van der Waals surface area contributed by atoms with Crippen molar-refractivity contribution < 1.29 is 33.3 Å². The molecule has 156 valence electrons. The van der Waals surface area contributed by atoms with Gasteiger partial charge in [0.25, 0.3) is 0 Å². The summed E-state index contributed by atoms with van der Waals surface area (Å²) in [6.07, 6.45) is 0. The van der Waals surface area contributed by atoms with Crippen molar-refractivity contribution in [3.05, 3.63) is 64.6 Å². The minimum atomic E-state index is -0.895. The van der Waals surface area contributed by atoms with Gasteiger partial charge < -0.3 is 24.2 Å². The van der Waals surface area contributed by atoms with Crippen LogP contribution in [0.5, 0.6) is 11.5 Å². The van der Waals surface area contributed by atoms with E-state index in [0.29, 0.717) is 28.4 Å². The van der Waals surface area contributed by atoms with Crippen LogP contribution in [0.3, 0.4) is 0 Å². The fourth-order valence-corrected chi connectivity index (χ4v) is 2.82. The van der Waals surface area contributed by atoms with E-state index in [2.05, 4.69) is 4.98 Å². The van der Waals surface area contributed by atoms with Gasteiger partial charge >= 0.3 is 17.6 Å². The molecule has 9 heteroatoms. The Morgan fingerprint density at radius 2 is 1.87 bits per heavy atom. The third-order valence-corrected chi connectivity index (χ3v) is 4.23. The van der Waals surface area contributed by atoms with Crippen LogP contribution >= 0.6 is 0 Å². The van der Waals surface area contributed by atoms with Crippen LogP contribution in [-0.4, -0.2) is 37.7 Å². The van der Waals surface area contributed by atoms with Crippen molar-refractivity contribution >= 4 is 23.0 Å². The lowest BCUT2D eigenvalue weighted by atomic mass is 10.2. The van der Waals surface area contributed by atoms with E-state index >= 15 is 0 Å². The minimum Gasteiger partial charge on any atom is -0.618 e. The summed E-state index contributed by atoms with van der Waals surface area (Å²) in [4.78, 5) is 28.9. The number of carbonyl (C=O) groups is 2. The first-order valence-corrected chi connectivity index (χ1v) is 9.07. The lowest BCUT2D eigenvalue weighted by molar-refractivity contribution is -0.581. The Balaban J connectivity index is 1.96. The maximum absolute atomic E-state index is 12.9. The van der Waals surface area contributed by atoms with E-state index in [1.165, 1.54) is 19.2 Å². The Hall–Kier alpha value is -3.88. The number of benzene rings is 2. The maximum Gasteiger partial charge on any atom is 0.406 e. The molecule has 2 aromatic carbocycles. The molecule has 0 aliphatic rings. The molecule has 30 heavy (non-hydrogen) atoms. The first-order chi connectivity index (χ1) is 14.5. The second-order valence-corrected chi connectivity index (χ2v) is 6.08. The van der Waals surface area contributed by atoms with E-state index in [1.807, 2.05) is 6.92 Å². The molecule has 0 atom stereocenters. The second-order valence-electron chi connectivity index (χ2n) is 6.08. The summed E-state index contributed by atoms with van der Waals surface area (Å²) in [5, 5.41) is 12.9. The number of esters is 2. The largest absolute Gasteiger partial charge is 0.618 e. The Morgan fingerprint density at radius 1 is 1.07 bits per heavy atom. The van der Waals surface area contributed by atoms with Crippen LogP contribution < -0.4 is 14.2 Å². The van der Waals surface area contributed by atoms with E-state index in [-0.39, 0.29) is 22.5 Å². The van der Waals surface area contributed by atoms with Crippen molar-refractivity contribution in [1.82, 2.24) is 4.98 Å². The number of nitrogens with zero attached hydrogens (tertiary/aromatic N) is 2. The summed E-state index contributed by atoms with van der Waals surface area (Å²) in [6, 6.07) is 11.1. The number of aromatic nitrogens is 2. The fraction of sp³-hybridized carbons (Fsp3) is 0.238. The van der Waals surface area contributed by atoms with E-state index in [9.17, 15) is 14.8 Å². The molecule has 0 spiro atoms. The van der Waals surface area contributed by atoms with Gasteiger partial charge in [0.15, 0.2) is 5.69 Å². The Kier molecular flexibility index (Phi) is 6.31. The quantitative estimate of drug-likeness (QED) is 0.330. The molecule has 0 amide bonds. The molecule has 0 bridgehead atoms. The van der Waals surface area contributed by atoms with Gasteiger partial charge in [0.2, 0.25) is 5.52 Å². The number of rotatable bonds is 7. The topological polar surface area (TPSA) is 111 Å². The third-order valence-electron chi connectivity index (χ3n) is 4.23. The highest BCUT2D eigenvalue weighted by Crippen LogP contribution is 2.20. The molecule has 0 N–H and O–H groups in total. The van der Waals surface area contributed by atoms with Crippen LogP contribution in [0.4, 0.5) is 0 Å². The monoisotopic (exact) mass is 412 g/mol. The van der Waals surface area contributed by atoms with Crippen LogP contribution in [0.15, 0.2) is 42.5 Å². The number of fused-ring (bicyclic) bond motifs is 1. The highest BCUT2D eigenvalue weighted by molar-refractivity contribution is 5.90. The first kappa shape index (κ1) is 20.8. The number of ether oxygens (including phenoxy) is 4. The summed E-state index contributed by atoms with van der Waals surface area (Å²) in [5.41, 5.74) is 0.311. The Labute approximate surface area is 172 Å². The minimum absolute atomic E-state index is 0.0234. The number of hydrogen-bond donors (Lipinski definition) is 0. The number of methoxy groups -OCH3 is 2. The van der Waals surface area contributed by atoms with Crippen molar-refractivity contribution in [2.45, 2.75) is 13.5 Å². The van der Waals surface area contributed by atoms with Gasteiger partial charge in [-0.05, 0) is 37.3 Å². The molecule has 0 fully saturated rings. The predicted octanol–water partition coefficient (Wildman–Crippen LogP) is 2.42. The molecule has 1 aromatic heterocycles. The van der Waals surface area contributed by atoms with E-state index in [1.54, 1.807) is 30.3 Å². The van der Waals surface area contributed by atoms with E-state index in [0.717, 1.165) is 7.11 Å². The summed E-state index contributed by atoms with van der Waals surface area (Å²) in [7, 11) is 2.63. The van der Waals surface area contributed by atoms with Gasteiger partial charge in [0.1, 0.15) is 23.6 Å². The first-order valence-electron chi connectivity index (χ1n) is 9.07. The lowest BCUT2D eigenvalue weighted by Crippen LogP contribution is -2.38. The zero-order valence-electron chi connectivity index (χ0n) is 16.7. The van der Waals surface area contributed by atoms with Gasteiger partial charge in [-0.1, -0.05) is 6.07 Å². The van der Waals surface area contributed by atoms with Crippen LogP contribution in [0, 0.1) is 5.21 Å². The van der Waals surface area contributed by atoms with Gasteiger partial charge in [0, 0.05) is 0 Å². The second kappa shape index (κ2) is 9.08. The maximum atomic E-state index is 12.9. The molecule has 3 aromatic rings. The molecule has 0 aliphatic heterocycles. The van der Waals surface area contributed by atoms with Gasteiger partial charge in [-0.2, -0.15) is 4.73 Å². The summed E-state index contributed by atoms with van der Waals surface area (Å²) in [6.45, 7) is 1.83. The fourth-order valence-electron chi connectivity index (χ4n) is 2.82. The molecule has 1 heterocycles.